The second-order valence-corrected chi connectivity index (χ2v) is 7.48. The van der Waals surface area contributed by atoms with Gasteiger partial charge in [-0.3, -0.25) is 4.79 Å². The van der Waals surface area contributed by atoms with Gasteiger partial charge in [0, 0.05) is 11.7 Å². The Morgan fingerprint density at radius 2 is 2.18 bits per heavy atom. The highest BCUT2D eigenvalue weighted by molar-refractivity contribution is 6.35. The summed E-state index contributed by atoms with van der Waals surface area (Å²) in [4.78, 5) is 28.8. The standard InChI is InChI=1S/C19H18ClN7O/c1-9(24-17-15-16(23-8-22-15)25-19(21)26-17)13-7-10-3-2-4-12(20)14(10)18(28)27(13)11-5-6-11/h2-4,7-9,11H,5-6H2,1H3,(H4,21,22,23,24,25,26). The lowest BCUT2D eigenvalue weighted by Crippen LogP contribution is -2.26. The fraction of sp³-hybridized carbons (Fsp3) is 0.263. The van der Waals surface area contributed by atoms with Crippen molar-refractivity contribution in [3.8, 4) is 0 Å². The normalized spacial score (nSPS) is 15.2. The van der Waals surface area contributed by atoms with Crippen LogP contribution in [0.5, 0.6) is 0 Å². The number of nitrogens with two attached hydrogens (primary N) is 1. The summed E-state index contributed by atoms with van der Waals surface area (Å²) in [5.74, 6) is 0.688. The number of H-pyrrole nitrogens is 1. The SMILES string of the molecule is CC(Nc1nc(N)nc2nc[nH]c12)c1cc2cccc(Cl)c2c(=O)n1C1CC1. The molecule has 1 saturated carbocycles. The number of hydrogen-bond donors (Lipinski definition) is 3. The number of pyridine rings is 1. The van der Waals surface area contributed by atoms with Crippen molar-refractivity contribution in [2.24, 2.45) is 0 Å². The van der Waals surface area contributed by atoms with Gasteiger partial charge in [-0.05, 0) is 37.3 Å². The molecule has 28 heavy (non-hydrogen) atoms. The monoisotopic (exact) mass is 395 g/mol. The van der Waals surface area contributed by atoms with Gasteiger partial charge in [0.15, 0.2) is 11.5 Å². The predicted molar refractivity (Wildman–Crippen MR) is 110 cm³/mol. The zero-order chi connectivity index (χ0) is 19.4. The molecule has 3 aromatic heterocycles. The molecule has 0 amide bonds. The maximum absolute atomic E-state index is 13.2. The van der Waals surface area contributed by atoms with Gasteiger partial charge in [-0.25, -0.2) is 4.98 Å². The largest absolute Gasteiger partial charge is 0.368 e. The molecule has 3 heterocycles. The van der Waals surface area contributed by atoms with Gasteiger partial charge in [0.05, 0.1) is 22.8 Å². The van der Waals surface area contributed by atoms with Gasteiger partial charge in [0.1, 0.15) is 5.52 Å². The molecule has 4 N–H and O–H groups in total. The lowest BCUT2D eigenvalue weighted by atomic mass is 10.1. The minimum atomic E-state index is -0.197. The third kappa shape index (κ3) is 2.68. The number of nitrogen functional groups attached to an aromatic ring is 1. The smallest absolute Gasteiger partial charge is 0.260 e. The highest BCUT2D eigenvalue weighted by Crippen LogP contribution is 2.38. The Labute approximate surface area is 164 Å². The highest BCUT2D eigenvalue weighted by Gasteiger charge is 2.29. The van der Waals surface area contributed by atoms with Crippen molar-refractivity contribution < 1.29 is 0 Å². The van der Waals surface area contributed by atoms with Crippen LogP contribution in [-0.2, 0) is 0 Å². The molecule has 0 spiro atoms. The third-order valence-corrected chi connectivity index (χ3v) is 5.39. The Morgan fingerprint density at radius 1 is 1.36 bits per heavy atom. The Balaban J connectivity index is 1.65. The number of aromatic nitrogens is 5. The van der Waals surface area contributed by atoms with Crippen LogP contribution in [0.2, 0.25) is 5.02 Å². The predicted octanol–water partition coefficient (Wildman–Crippen LogP) is 3.41. The fourth-order valence-corrected chi connectivity index (χ4v) is 3.89. The quantitative estimate of drug-likeness (QED) is 0.487. The highest BCUT2D eigenvalue weighted by atomic mass is 35.5. The molecule has 1 aromatic carbocycles. The fourth-order valence-electron chi connectivity index (χ4n) is 3.63. The van der Waals surface area contributed by atoms with E-state index in [2.05, 4.69) is 25.3 Å². The molecule has 9 heteroatoms. The molecule has 0 saturated heterocycles. The van der Waals surface area contributed by atoms with Crippen molar-refractivity contribution in [2.45, 2.75) is 31.8 Å². The van der Waals surface area contributed by atoms with E-state index in [4.69, 9.17) is 17.3 Å². The summed E-state index contributed by atoms with van der Waals surface area (Å²) in [6, 6.07) is 7.54. The number of nitrogens with one attached hydrogen (secondary N) is 2. The van der Waals surface area contributed by atoms with Crippen LogP contribution in [0.4, 0.5) is 11.8 Å². The Hall–Kier alpha value is -3.13. The van der Waals surface area contributed by atoms with E-state index < -0.39 is 0 Å². The van der Waals surface area contributed by atoms with Crippen LogP contribution in [0.25, 0.3) is 21.9 Å². The maximum atomic E-state index is 13.2. The number of fused-ring (bicyclic) bond motifs is 2. The molecule has 142 valence electrons. The van der Waals surface area contributed by atoms with E-state index in [1.165, 1.54) is 0 Å². The van der Waals surface area contributed by atoms with E-state index in [0.29, 0.717) is 27.4 Å². The van der Waals surface area contributed by atoms with Gasteiger partial charge < -0.3 is 20.6 Å². The molecule has 0 radical (unpaired) electrons. The van der Waals surface area contributed by atoms with Crippen molar-refractivity contribution >= 4 is 45.3 Å². The Morgan fingerprint density at radius 3 is 2.96 bits per heavy atom. The lowest BCUT2D eigenvalue weighted by Gasteiger charge is -2.21. The first kappa shape index (κ1) is 17.0. The van der Waals surface area contributed by atoms with Gasteiger partial charge in [-0.2, -0.15) is 9.97 Å². The van der Waals surface area contributed by atoms with E-state index >= 15 is 0 Å². The molecule has 8 nitrogen and oxygen atoms in total. The summed E-state index contributed by atoms with van der Waals surface area (Å²) in [6.07, 6.45) is 3.52. The Bertz CT molecular complexity index is 1270. The minimum Gasteiger partial charge on any atom is -0.368 e. The zero-order valence-electron chi connectivity index (χ0n) is 15.1. The zero-order valence-corrected chi connectivity index (χ0v) is 15.9. The first-order valence-corrected chi connectivity index (χ1v) is 9.47. The van der Waals surface area contributed by atoms with Crippen LogP contribution in [0, 0.1) is 0 Å². The lowest BCUT2D eigenvalue weighted by molar-refractivity contribution is 0.636. The number of anilines is 2. The van der Waals surface area contributed by atoms with Gasteiger partial charge in [-0.1, -0.05) is 23.7 Å². The second kappa shape index (κ2) is 6.20. The van der Waals surface area contributed by atoms with Crippen molar-refractivity contribution in [3.05, 3.63) is 51.7 Å². The topological polar surface area (TPSA) is 115 Å². The van der Waals surface area contributed by atoms with Crippen LogP contribution < -0.4 is 16.6 Å². The number of halogens is 1. The number of nitrogens with zero attached hydrogens (tertiary/aromatic N) is 4. The number of imidazole rings is 1. The van der Waals surface area contributed by atoms with Crippen molar-refractivity contribution in [2.75, 3.05) is 11.1 Å². The van der Waals surface area contributed by atoms with Gasteiger partial charge in [0.2, 0.25) is 5.95 Å². The summed E-state index contributed by atoms with van der Waals surface area (Å²) < 4.78 is 1.86. The van der Waals surface area contributed by atoms with E-state index in [0.717, 1.165) is 23.9 Å². The van der Waals surface area contributed by atoms with Gasteiger partial charge in [0.25, 0.3) is 5.56 Å². The molecule has 5 rings (SSSR count). The van der Waals surface area contributed by atoms with E-state index in [1.54, 1.807) is 12.4 Å². The molecule has 1 aliphatic carbocycles. The van der Waals surface area contributed by atoms with Crippen molar-refractivity contribution in [1.82, 2.24) is 24.5 Å². The Kier molecular flexibility index (Phi) is 3.77. The van der Waals surface area contributed by atoms with E-state index in [-0.39, 0.29) is 23.6 Å². The first-order chi connectivity index (χ1) is 13.5. The second-order valence-electron chi connectivity index (χ2n) is 7.08. The molecule has 4 aromatic rings. The van der Waals surface area contributed by atoms with Crippen molar-refractivity contribution in [1.29, 1.82) is 0 Å². The van der Waals surface area contributed by atoms with Gasteiger partial charge >= 0.3 is 0 Å². The number of aromatic amines is 1. The summed E-state index contributed by atoms with van der Waals surface area (Å²) in [6.45, 7) is 1.99. The van der Waals surface area contributed by atoms with Crippen LogP contribution in [0.3, 0.4) is 0 Å². The molecule has 1 atom stereocenters. The van der Waals surface area contributed by atoms with Crippen LogP contribution in [0.15, 0.2) is 35.4 Å². The molecule has 1 aliphatic rings. The van der Waals surface area contributed by atoms with Crippen LogP contribution >= 0.6 is 11.6 Å². The summed E-state index contributed by atoms with van der Waals surface area (Å²) in [5.41, 5.74) is 7.81. The molecule has 1 fully saturated rings. The third-order valence-electron chi connectivity index (χ3n) is 5.07. The molecule has 1 unspecified atom stereocenters. The van der Waals surface area contributed by atoms with Crippen molar-refractivity contribution in [3.63, 3.8) is 0 Å². The van der Waals surface area contributed by atoms with Gasteiger partial charge in [-0.15, -0.1) is 0 Å². The summed E-state index contributed by atoms with van der Waals surface area (Å²) in [7, 11) is 0. The van der Waals surface area contributed by atoms with E-state index in [9.17, 15) is 4.79 Å². The minimum absolute atomic E-state index is 0.0526. The summed E-state index contributed by atoms with van der Waals surface area (Å²) in [5, 5.41) is 5.23. The first-order valence-electron chi connectivity index (χ1n) is 9.09. The van der Waals surface area contributed by atoms with E-state index in [1.807, 2.05) is 29.7 Å². The van der Waals surface area contributed by atoms with Crippen LogP contribution in [-0.4, -0.2) is 24.5 Å². The number of benzene rings is 1. The molecule has 0 aliphatic heterocycles. The number of hydrogen-bond acceptors (Lipinski definition) is 6. The molecular weight excluding hydrogens is 378 g/mol. The number of rotatable bonds is 4. The van der Waals surface area contributed by atoms with Crippen LogP contribution in [0.1, 0.15) is 37.5 Å². The average molecular weight is 396 g/mol. The summed E-state index contributed by atoms with van der Waals surface area (Å²) >= 11 is 6.32. The average Bonchev–Trinajstić information content (AvgIpc) is 3.38. The molecule has 0 bridgehead atoms. The molecular formula is C19H18ClN7O. The maximum Gasteiger partial charge on any atom is 0.260 e.